The number of anilines is 1. The number of halogens is 1. The number of fused-ring (bicyclic) bond motifs is 1. The van der Waals surface area contributed by atoms with E-state index in [1.165, 1.54) is 24.3 Å². The molecule has 0 spiro atoms. The first-order valence-electron chi connectivity index (χ1n) is 6.18. The average Bonchev–Trinajstić information content (AvgIpc) is 2.80. The minimum atomic E-state index is -3.73. The zero-order chi connectivity index (χ0) is 15.9. The Kier molecular flexibility index (Phi) is 3.72. The highest BCUT2D eigenvalue weighted by Gasteiger charge is 2.16. The van der Waals surface area contributed by atoms with Gasteiger partial charge in [0.15, 0.2) is 0 Å². The first-order chi connectivity index (χ1) is 10.3. The molecule has 0 bridgehead atoms. The number of sulfonamides is 1. The molecule has 0 radical (unpaired) electrons. The van der Waals surface area contributed by atoms with Crippen LogP contribution >= 0.6 is 22.9 Å². The van der Waals surface area contributed by atoms with Gasteiger partial charge in [-0.05, 0) is 48.9 Å². The Labute approximate surface area is 135 Å². The van der Waals surface area contributed by atoms with Crippen LogP contribution in [0.2, 0.25) is 5.02 Å². The van der Waals surface area contributed by atoms with Crippen molar-refractivity contribution in [3.8, 4) is 0 Å². The van der Waals surface area contributed by atoms with E-state index in [9.17, 15) is 13.2 Å². The molecule has 1 heterocycles. The van der Waals surface area contributed by atoms with Crippen LogP contribution in [-0.2, 0) is 10.0 Å². The molecule has 0 aliphatic rings. The average molecular weight is 356 g/mol. The molecule has 0 saturated heterocycles. The van der Waals surface area contributed by atoms with Gasteiger partial charge >= 0.3 is 4.94 Å². The Hall–Kier alpha value is -1.83. The van der Waals surface area contributed by atoms with Crippen molar-refractivity contribution in [3.63, 3.8) is 0 Å². The van der Waals surface area contributed by atoms with Crippen molar-refractivity contribution in [3.05, 3.63) is 56.7 Å². The van der Waals surface area contributed by atoms with Crippen LogP contribution in [0.15, 0.2) is 50.5 Å². The Morgan fingerprint density at radius 1 is 1.18 bits per heavy atom. The lowest BCUT2D eigenvalue weighted by Crippen LogP contribution is -2.13. The third-order valence-electron chi connectivity index (χ3n) is 3.02. The molecular formula is C14H10ClNO4S2. The van der Waals surface area contributed by atoms with Crippen molar-refractivity contribution in [1.82, 2.24) is 0 Å². The van der Waals surface area contributed by atoms with Gasteiger partial charge in [0.05, 0.1) is 15.3 Å². The predicted octanol–water partition coefficient (Wildman–Crippen LogP) is 3.62. The summed E-state index contributed by atoms with van der Waals surface area (Å²) in [6.45, 7) is 1.73. The maximum atomic E-state index is 12.4. The third kappa shape index (κ3) is 2.87. The van der Waals surface area contributed by atoms with E-state index < -0.39 is 15.0 Å². The summed E-state index contributed by atoms with van der Waals surface area (Å²) < 4.78 is 32.7. The normalized spacial score (nSPS) is 11.7. The summed E-state index contributed by atoms with van der Waals surface area (Å²) in [5, 5.41) is 0.503. The fourth-order valence-electron chi connectivity index (χ4n) is 1.93. The Morgan fingerprint density at radius 3 is 2.68 bits per heavy atom. The predicted molar refractivity (Wildman–Crippen MR) is 87.4 cm³/mol. The smallest absolute Gasteiger partial charge is 0.396 e. The molecule has 2 aromatic carbocycles. The van der Waals surface area contributed by atoms with Crippen LogP contribution in [-0.4, -0.2) is 8.42 Å². The Balaban J connectivity index is 1.98. The third-order valence-corrected chi connectivity index (χ3v) is 5.61. The second kappa shape index (κ2) is 5.42. The molecule has 8 heteroatoms. The highest BCUT2D eigenvalue weighted by atomic mass is 35.5. The SMILES string of the molecule is Cc1cc(S(=O)(=O)Nc2ccc3oc(=O)sc3c2)ccc1Cl. The second-order valence-corrected chi connectivity index (χ2v) is 7.70. The lowest BCUT2D eigenvalue weighted by Gasteiger charge is -2.09. The minimum Gasteiger partial charge on any atom is -0.414 e. The monoisotopic (exact) mass is 355 g/mol. The van der Waals surface area contributed by atoms with Gasteiger partial charge in [-0.25, -0.2) is 13.2 Å². The van der Waals surface area contributed by atoms with Crippen molar-refractivity contribution >= 4 is 48.9 Å². The molecule has 1 N–H and O–H groups in total. The summed E-state index contributed by atoms with van der Waals surface area (Å²) in [6.07, 6.45) is 0. The van der Waals surface area contributed by atoms with Crippen molar-refractivity contribution < 1.29 is 12.8 Å². The van der Waals surface area contributed by atoms with Crippen LogP contribution in [0.25, 0.3) is 10.3 Å². The summed E-state index contributed by atoms with van der Waals surface area (Å²) in [4.78, 5) is 10.9. The topological polar surface area (TPSA) is 76.4 Å². The molecule has 0 unspecified atom stereocenters. The number of nitrogens with one attached hydrogen (secondary N) is 1. The summed E-state index contributed by atoms with van der Waals surface area (Å²) in [6, 6.07) is 9.13. The van der Waals surface area contributed by atoms with E-state index in [0.717, 1.165) is 11.3 Å². The van der Waals surface area contributed by atoms with Gasteiger partial charge < -0.3 is 4.42 Å². The van der Waals surface area contributed by atoms with Crippen LogP contribution in [0, 0.1) is 6.92 Å². The quantitative estimate of drug-likeness (QED) is 0.778. The molecule has 3 aromatic rings. The van der Waals surface area contributed by atoms with Gasteiger partial charge in [-0.15, -0.1) is 0 Å². The van der Waals surface area contributed by atoms with Crippen LogP contribution in [0.5, 0.6) is 0 Å². The fraction of sp³-hybridized carbons (Fsp3) is 0.0714. The van der Waals surface area contributed by atoms with Gasteiger partial charge in [0.2, 0.25) is 0 Å². The number of benzene rings is 2. The van der Waals surface area contributed by atoms with E-state index in [4.69, 9.17) is 16.0 Å². The number of rotatable bonds is 3. The van der Waals surface area contributed by atoms with Crippen molar-refractivity contribution in [1.29, 1.82) is 0 Å². The fourth-order valence-corrected chi connectivity index (χ4v) is 3.89. The van der Waals surface area contributed by atoms with Crippen molar-refractivity contribution in [2.45, 2.75) is 11.8 Å². The van der Waals surface area contributed by atoms with E-state index >= 15 is 0 Å². The standard InChI is InChI=1S/C14H10ClNO4S2/c1-8-6-10(3-4-11(8)15)22(18,19)16-9-2-5-12-13(7-9)21-14(17)20-12/h2-7,16H,1H3. The molecule has 114 valence electrons. The van der Waals surface area contributed by atoms with Crippen LogP contribution in [0.4, 0.5) is 5.69 Å². The van der Waals surface area contributed by atoms with Crippen LogP contribution in [0.1, 0.15) is 5.56 Å². The maximum Gasteiger partial charge on any atom is 0.396 e. The van der Waals surface area contributed by atoms with Gasteiger partial charge in [-0.3, -0.25) is 4.72 Å². The molecular weight excluding hydrogens is 346 g/mol. The molecule has 0 saturated carbocycles. The van der Waals surface area contributed by atoms with Crippen LogP contribution < -0.4 is 9.66 Å². The largest absolute Gasteiger partial charge is 0.414 e. The highest BCUT2D eigenvalue weighted by molar-refractivity contribution is 7.92. The van der Waals surface area contributed by atoms with Crippen molar-refractivity contribution in [2.75, 3.05) is 4.72 Å². The number of aryl methyl sites for hydroxylation is 1. The van der Waals surface area contributed by atoms with E-state index in [1.54, 1.807) is 19.1 Å². The maximum absolute atomic E-state index is 12.4. The molecule has 0 amide bonds. The molecule has 0 fully saturated rings. The highest BCUT2D eigenvalue weighted by Crippen LogP contribution is 2.25. The molecule has 3 rings (SSSR count). The first kappa shape index (κ1) is 15.1. The molecule has 0 atom stereocenters. The zero-order valence-corrected chi connectivity index (χ0v) is 13.7. The van der Waals surface area contributed by atoms with E-state index in [0.29, 0.717) is 26.6 Å². The summed E-state index contributed by atoms with van der Waals surface area (Å²) in [7, 11) is -3.73. The minimum absolute atomic E-state index is 0.120. The van der Waals surface area contributed by atoms with Crippen LogP contribution in [0.3, 0.4) is 0 Å². The van der Waals surface area contributed by atoms with Gasteiger partial charge in [-0.2, -0.15) is 0 Å². The number of hydrogen-bond acceptors (Lipinski definition) is 5. The molecule has 5 nitrogen and oxygen atoms in total. The molecule has 0 aliphatic heterocycles. The molecule has 0 aliphatic carbocycles. The van der Waals surface area contributed by atoms with E-state index in [1.807, 2.05) is 0 Å². The number of hydrogen-bond donors (Lipinski definition) is 1. The molecule has 1 aromatic heterocycles. The summed E-state index contributed by atoms with van der Waals surface area (Å²) >= 11 is 6.82. The van der Waals surface area contributed by atoms with E-state index in [-0.39, 0.29) is 4.90 Å². The Bertz CT molecular complexity index is 1020. The summed E-state index contributed by atoms with van der Waals surface area (Å²) in [5.74, 6) is 0. The van der Waals surface area contributed by atoms with Crippen molar-refractivity contribution in [2.24, 2.45) is 0 Å². The van der Waals surface area contributed by atoms with Gasteiger partial charge in [0.25, 0.3) is 10.0 Å². The van der Waals surface area contributed by atoms with E-state index in [2.05, 4.69) is 4.72 Å². The lowest BCUT2D eigenvalue weighted by molar-refractivity contribution is 0.585. The van der Waals surface area contributed by atoms with Gasteiger partial charge in [-0.1, -0.05) is 22.9 Å². The molecule has 22 heavy (non-hydrogen) atoms. The Morgan fingerprint density at radius 2 is 1.95 bits per heavy atom. The first-order valence-corrected chi connectivity index (χ1v) is 8.85. The summed E-state index contributed by atoms with van der Waals surface area (Å²) in [5.41, 5.74) is 1.46. The second-order valence-electron chi connectivity index (χ2n) is 4.63. The van der Waals surface area contributed by atoms with Gasteiger partial charge in [0, 0.05) is 5.02 Å². The zero-order valence-electron chi connectivity index (χ0n) is 11.3. The lowest BCUT2D eigenvalue weighted by atomic mass is 10.2. The van der Waals surface area contributed by atoms with Gasteiger partial charge in [0.1, 0.15) is 5.58 Å².